The van der Waals surface area contributed by atoms with E-state index in [1.165, 1.54) is 0 Å². The number of rotatable bonds is 8. The van der Waals surface area contributed by atoms with Crippen molar-refractivity contribution in [1.82, 2.24) is 4.90 Å². The first-order chi connectivity index (χ1) is 8.61. The molecule has 108 valence electrons. The van der Waals surface area contributed by atoms with Gasteiger partial charge in [0.25, 0.3) is 0 Å². The molecule has 1 rings (SSSR count). The Morgan fingerprint density at radius 2 is 2.00 bits per heavy atom. The lowest BCUT2D eigenvalue weighted by molar-refractivity contribution is 0.263. The van der Waals surface area contributed by atoms with Gasteiger partial charge in [-0.15, -0.1) is 11.6 Å². The van der Waals surface area contributed by atoms with Gasteiger partial charge >= 0.3 is 0 Å². The molecule has 0 bridgehead atoms. The third kappa shape index (κ3) is 5.27. The van der Waals surface area contributed by atoms with Crippen LogP contribution in [0.3, 0.4) is 0 Å². The van der Waals surface area contributed by atoms with Gasteiger partial charge in [-0.3, -0.25) is 4.90 Å². The minimum absolute atomic E-state index is 0.251. The van der Waals surface area contributed by atoms with E-state index in [1.807, 2.05) is 0 Å². The Bertz CT molecular complexity index is 322. The molecule has 0 aliphatic carbocycles. The molecule has 1 heterocycles. The van der Waals surface area contributed by atoms with Crippen molar-refractivity contribution < 1.29 is 8.42 Å². The predicted molar refractivity (Wildman–Crippen MR) is 81.3 cm³/mol. The first-order valence-corrected chi connectivity index (χ1v) is 10.1. The molecule has 18 heavy (non-hydrogen) atoms. The molecule has 0 spiro atoms. The first-order valence-electron chi connectivity index (χ1n) is 6.71. The summed E-state index contributed by atoms with van der Waals surface area (Å²) in [5.41, 5.74) is 0. The third-order valence-electron chi connectivity index (χ3n) is 3.34. The van der Waals surface area contributed by atoms with Crippen LogP contribution in [-0.2, 0) is 9.84 Å². The van der Waals surface area contributed by atoms with Gasteiger partial charge in [0.15, 0.2) is 9.84 Å². The van der Waals surface area contributed by atoms with Crippen molar-refractivity contribution in [2.24, 2.45) is 0 Å². The van der Waals surface area contributed by atoms with Crippen LogP contribution in [0.15, 0.2) is 0 Å². The zero-order chi connectivity index (χ0) is 13.4. The van der Waals surface area contributed by atoms with Gasteiger partial charge in [-0.25, -0.2) is 8.42 Å². The van der Waals surface area contributed by atoms with Gasteiger partial charge in [0.2, 0.25) is 0 Å². The Labute approximate surface area is 121 Å². The van der Waals surface area contributed by atoms with E-state index in [2.05, 4.69) is 4.90 Å². The van der Waals surface area contributed by atoms with E-state index < -0.39 is 9.84 Å². The van der Waals surface area contributed by atoms with E-state index in [4.69, 9.17) is 11.6 Å². The molecule has 0 amide bonds. The summed E-state index contributed by atoms with van der Waals surface area (Å²) in [5, 5.41) is -0.255. The summed E-state index contributed by atoms with van der Waals surface area (Å²) < 4.78 is 24.1. The SMILES string of the molecule is CCS(=O)(=O)C1CSCCN1CCCCCCCl. The predicted octanol–water partition coefficient (Wildman–Crippen LogP) is 2.60. The van der Waals surface area contributed by atoms with E-state index in [1.54, 1.807) is 18.7 Å². The fourth-order valence-electron chi connectivity index (χ4n) is 2.16. The van der Waals surface area contributed by atoms with Gasteiger partial charge in [-0.05, 0) is 19.4 Å². The molecule has 0 radical (unpaired) electrons. The number of hydrogen-bond donors (Lipinski definition) is 0. The van der Waals surface area contributed by atoms with Crippen LogP contribution in [0.5, 0.6) is 0 Å². The van der Waals surface area contributed by atoms with Crippen LogP contribution in [0.25, 0.3) is 0 Å². The average molecular weight is 314 g/mol. The Balaban J connectivity index is 2.40. The third-order valence-corrected chi connectivity index (χ3v) is 6.94. The number of nitrogens with zero attached hydrogens (tertiary/aromatic N) is 1. The smallest absolute Gasteiger partial charge is 0.166 e. The number of hydrogen-bond acceptors (Lipinski definition) is 4. The van der Waals surface area contributed by atoms with Crippen molar-refractivity contribution in [3.8, 4) is 0 Å². The van der Waals surface area contributed by atoms with Crippen LogP contribution >= 0.6 is 23.4 Å². The minimum Gasteiger partial charge on any atom is -0.286 e. The molecule has 0 N–H and O–H groups in total. The maximum Gasteiger partial charge on any atom is 0.166 e. The lowest BCUT2D eigenvalue weighted by Crippen LogP contribution is -2.48. The van der Waals surface area contributed by atoms with E-state index >= 15 is 0 Å². The number of halogens is 1. The number of unbranched alkanes of at least 4 members (excludes halogenated alkanes) is 3. The zero-order valence-electron chi connectivity index (χ0n) is 11.1. The van der Waals surface area contributed by atoms with Crippen LogP contribution in [0.2, 0.25) is 0 Å². The monoisotopic (exact) mass is 313 g/mol. The highest BCUT2D eigenvalue weighted by Gasteiger charge is 2.32. The second-order valence-electron chi connectivity index (χ2n) is 4.62. The average Bonchev–Trinajstić information content (AvgIpc) is 2.39. The summed E-state index contributed by atoms with van der Waals surface area (Å²) in [6, 6.07) is 0. The fraction of sp³-hybridized carbons (Fsp3) is 1.00. The van der Waals surface area contributed by atoms with E-state index in [-0.39, 0.29) is 11.1 Å². The van der Waals surface area contributed by atoms with Crippen molar-refractivity contribution in [1.29, 1.82) is 0 Å². The molecule has 0 aromatic rings. The molecule has 1 saturated heterocycles. The molecule has 1 fully saturated rings. The number of alkyl halides is 1. The molecular weight excluding hydrogens is 290 g/mol. The van der Waals surface area contributed by atoms with Crippen LogP contribution in [0.4, 0.5) is 0 Å². The minimum atomic E-state index is -2.93. The molecular formula is C12H24ClNO2S2. The van der Waals surface area contributed by atoms with Gasteiger partial charge in [0.1, 0.15) is 5.37 Å². The second-order valence-corrected chi connectivity index (χ2v) is 8.60. The Hall–Kier alpha value is 0.550. The Kier molecular flexibility index (Phi) is 8.00. The van der Waals surface area contributed by atoms with E-state index in [9.17, 15) is 8.42 Å². The van der Waals surface area contributed by atoms with E-state index in [0.29, 0.717) is 0 Å². The van der Waals surface area contributed by atoms with E-state index in [0.717, 1.165) is 56.2 Å². The Morgan fingerprint density at radius 1 is 1.28 bits per heavy atom. The molecule has 6 heteroatoms. The fourth-order valence-corrected chi connectivity index (χ4v) is 5.46. The largest absolute Gasteiger partial charge is 0.286 e. The van der Waals surface area contributed by atoms with Gasteiger partial charge in [-0.1, -0.05) is 19.8 Å². The highest BCUT2D eigenvalue weighted by atomic mass is 35.5. The molecule has 0 aromatic carbocycles. The van der Waals surface area contributed by atoms with Gasteiger partial charge < -0.3 is 0 Å². The van der Waals surface area contributed by atoms with Gasteiger partial charge in [0, 0.05) is 29.7 Å². The maximum absolute atomic E-state index is 12.0. The molecule has 1 atom stereocenters. The van der Waals surface area contributed by atoms with Crippen LogP contribution in [-0.4, -0.2) is 54.9 Å². The highest BCUT2D eigenvalue weighted by Crippen LogP contribution is 2.22. The van der Waals surface area contributed by atoms with Crippen LogP contribution in [0.1, 0.15) is 32.6 Å². The zero-order valence-corrected chi connectivity index (χ0v) is 13.5. The summed E-state index contributed by atoms with van der Waals surface area (Å²) in [6.07, 6.45) is 4.44. The molecule has 0 saturated carbocycles. The quantitative estimate of drug-likeness (QED) is 0.510. The summed E-state index contributed by atoms with van der Waals surface area (Å²) in [5.74, 6) is 2.77. The van der Waals surface area contributed by atoms with Crippen molar-refractivity contribution in [3.05, 3.63) is 0 Å². The lowest BCUT2D eigenvalue weighted by atomic mass is 10.2. The Morgan fingerprint density at radius 3 is 2.67 bits per heavy atom. The molecule has 1 unspecified atom stereocenters. The van der Waals surface area contributed by atoms with Crippen molar-refractivity contribution in [3.63, 3.8) is 0 Å². The number of sulfone groups is 1. The first kappa shape index (κ1) is 16.6. The summed E-state index contributed by atoms with van der Waals surface area (Å²) >= 11 is 7.40. The van der Waals surface area contributed by atoms with Crippen molar-refractivity contribution in [2.75, 3.05) is 36.2 Å². The molecule has 1 aliphatic rings. The second kappa shape index (κ2) is 8.67. The van der Waals surface area contributed by atoms with Crippen molar-refractivity contribution >= 4 is 33.2 Å². The standard InChI is InChI=1S/C12H24ClNO2S2/c1-2-18(15,16)12-11-17-10-9-14(12)8-6-4-3-5-7-13/h12H,2-11H2,1H3. The van der Waals surface area contributed by atoms with Crippen molar-refractivity contribution in [2.45, 2.75) is 38.0 Å². The maximum atomic E-state index is 12.0. The molecule has 1 aliphatic heterocycles. The van der Waals surface area contributed by atoms with Gasteiger partial charge in [-0.2, -0.15) is 11.8 Å². The normalized spacial score (nSPS) is 22.2. The lowest BCUT2D eigenvalue weighted by Gasteiger charge is -2.34. The number of thioether (sulfide) groups is 1. The molecule has 0 aromatic heterocycles. The topological polar surface area (TPSA) is 37.4 Å². The van der Waals surface area contributed by atoms with Gasteiger partial charge in [0.05, 0.1) is 0 Å². The summed E-state index contributed by atoms with van der Waals surface area (Å²) in [7, 11) is -2.93. The summed E-state index contributed by atoms with van der Waals surface area (Å²) in [4.78, 5) is 2.16. The highest BCUT2D eigenvalue weighted by molar-refractivity contribution is 8.01. The molecule has 3 nitrogen and oxygen atoms in total. The van der Waals surface area contributed by atoms with Crippen LogP contribution in [0, 0.1) is 0 Å². The van der Waals surface area contributed by atoms with Crippen LogP contribution < -0.4 is 0 Å². The summed E-state index contributed by atoms with van der Waals surface area (Å²) in [6.45, 7) is 3.56.